The number of hydrogen-bond acceptors (Lipinski definition) is 3. The third-order valence-corrected chi connectivity index (χ3v) is 4.03. The van der Waals surface area contributed by atoms with Crippen LogP contribution in [0.1, 0.15) is 16.7 Å². The number of carbonyl (C=O) groups is 1. The number of amides is 1. The molecule has 26 heavy (non-hydrogen) atoms. The van der Waals surface area contributed by atoms with E-state index in [1.165, 1.54) is 23.3 Å². The fourth-order valence-corrected chi connectivity index (χ4v) is 2.60. The van der Waals surface area contributed by atoms with E-state index in [4.69, 9.17) is 0 Å². The zero-order valence-corrected chi connectivity index (χ0v) is 14.5. The third kappa shape index (κ3) is 4.89. The van der Waals surface area contributed by atoms with E-state index >= 15 is 0 Å². The molecule has 0 radical (unpaired) electrons. The maximum absolute atomic E-state index is 13.2. The molecule has 2 N–H and O–H groups in total. The number of benzene rings is 2. The number of aromatic nitrogens is 1. The van der Waals surface area contributed by atoms with Crippen LogP contribution in [0.3, 0.4) is 0 Å². The zero-order valence-electron chi connectivity index (χ0n) is 14.5. The molecule has 0 saturated heterocycles. The van der Waals surface area contributed by atoms with Crippen molar-refractivity contribution in [3.05, 3.63) is 89.4 Å². The second-order valence-corrected chi connectivity index (χ2v) is 6.07. The quantitative estimate of drug-likeness (QED) is 0.697. The number of carbonyl (C=O) groups excluding carboxylic acids is 1. The minimum Gasteiger partial charge on any atom is -0.380 e. The number of aryl methyl sites for hydroxylation is 1. The van der Waals surface area contributed by atoms with Crippen LogP contribution in [0.15, 0.2) is 66.9 Å². The molecule has 0 aliphatic rings. The lowest BCUT2D eigenvalue weighted by atomic mass is 10.1. The molecule has 0 unspecified atom stereocenters. The van der Waals surface area contributed by atoms with Gasteiger partial charge in [0.1, 0.15) is 11.6 Å². The summed E-state index contributed by atoms with van der Waals surface area (Å²) in [6, 6.07) is 17.8. The Hall–Kier alpha value is -3.21. The molecule has 1 amide bonds. The second kappa shape index (κ2) is 8.25. The van der Waals surface area contributed by atoms with Crippen LogP contribution < -0.4 is 10.6 Å². The average Bonchev–Trinajstić information content (AvgIpc) is 2.62. The number of nitrogens with zero attached hydrogens (tertiary/aromatic N) is 1. The van der Waals surface area contributed by atoms with Crippen molar-refractivity contribution in [1.29, 1.82) is 0 Å². The van der Waals surface area contributed by atoms with E-state index in [0.29, 0.717) is 17.9 Å². The van der Waals surface area contributed by atoms with Crippen molar-refractivity contribution in [2.24, 2.45) is 0 Å². The van der Waals surface area contributed by atoms with Gasteiger partial charge in [-0.15, -0.1) is 0 Å². The Morgan fingerprint density at radius 2 is 1.92 bits per heavy atom. The lowest BCUT2D eigenvalue weighted by molar-refractivity contribution is -0.115. The van der Waals surface area contributed by atoms with E-state index in [1.54, 1.807) is 24.4 Å². The summed E-state index contributed by atoms with van der Waals surface area (Å²) in [6.07, 6.45) is 1.78. The van der Waals surface area contributed by atoms with Crippen LogP contribution in [0.4, 0.5) is 15.9 Å². The predicted octanol–water partition coefficient (Wildman–Crippen LogP) is 4.32. The molecule has 132 valence electrons. The Kier molecular flexibility index (Phi) is 5.59. The Morgan fingerprint density at radius 1 is 1.08 bits per heavy atom. The van der Waals surface area contributed by atoms with Crippen LogP contribution in [-0.4, -0.2) is 10.9 Å². The lowest BCUT2D eigenvalue weighted by Crippen LogP contribution is -2.15. The highest BCUT2D eigenvalue weighted by molar-refractivity contribution is 5.91. The monoisotopic (exact) mass is 349 g/mol. The average molecular weight is 349 g/mol. The Labute approximate surface area is 152 Å². The van der Waals surface area contributed by atoms with Gasteiger partial charge in [0.05, 0.1) is 18.3 Å². The normalized spacial score (nSPS) is 10.4. The second-order valence-electron chi connectivity index (χ2n) is 6.07. The van der Waals surface area contributed by atoms with Crippen molar-refractivity contribution in [3.8, 4) is 0 Å². The summed E-state index contributed by atoms with van der Waals surface area (Å²) in [6.45, 7) is 2.78. The molecular weight excluding hydrogens is 329 g/mol. The Bertz CT molecular complexity index is 894. The van der Waals surface area contributed by atoms with E-state index in [1.807, 2.05) is 18.2 Å². The van der Waals surface area contributed by atoms with Gasteiger partial charge < -0.3 is 10.6 Å². The van der Waals surface area contributed by atoms with Gasteiger partial charge >= 0.3 is 0 Å². The van der Waals surface area contributed by atoms with Gasteiger partial charge in [-0.25, -0.2) is 9.37 Å². The van der Waals surface area contributed by atoms with Crippen LogP contribution in [0, 0.1) is 12.7 Å². The molecule has 0 aliphatic carbocycles. The molecular formula is C21H20FN3O. The van der Waals surface area contributed by atoms with Crippen molar-refractivity contribution < 1.29 is 9.18 Å². The summed E-state index contributed by atoms with van der Waals surface area (Å²) in [5.41, 5.74) is 3.95. The van der Waals surface area contributed by atoms with E-state index in [2.05, 4.69) is 34.7 Å². The summed E-state index contributed by atoms with van der Waals surface area (Å²) < 4.78 is 13.2. The lowest BCUT2D eigenvalue weighted by Gasteiger charge is -2.10. The molecule has 2 aromatic carbocycles. The van der Waals surface area contributed by atoms with Gasteiger partial charge in [0, 0.05) is 6.54 Å². The summed E-state index contributed by atoms with van der Waals surface area (Å²) in [4.78, 5) is 16.3. The summed E-state index contributed by atoms with van der Waals surface area (Å²) in [5.74, 6) is -0.117. The van der Waals surface area contributed by atoms with Gasteiger partial charge in [-0.2, -0.15) is 0 Å². The number of rotatable bonds is 6. The predicted molar refractivity (Wildman–Crippen MR) is 101 cm³/mol. The van der Waals surface area contributed by atoms with Crippen molar-refractivity contribution >= 4 is 17.4 Å². The van der Waals surface area contributed by atoms with Gasteiger partial charge in [0.25, 0.3) is 0 Å². The van der Waals surface area contributed by atoms with E-state index < -0.39 is 0 Å². The highest BCUT2D eigenvalue weighted by atomic mass is 19.1. The third-order valence-electron chi connectivity index (χ3n) is 4.03. The SMILES string of the molecule is Cc1ccccc1CNc1ccc(NC(=O)Cc2cccc(F)c2)nc1. The highest BCUT2D eigenvalue weighted by Gasteiger charge is 2.06. The number of hydrogen-bond donors (Lipinski definition) is 2. The molecule has 5 heteroatoms. The topological polar surface area (TPSA) is 54.0 Å². The number of anilines is 2. The number of halogens is 1. The largest absolute Gasteiger partial charge is 0.380 e. The Balaban J connectivity index is 1.54. The molecule has 0 spiro atoms. The van der Waals surface area contributed by atoms with Crippen LogP contribution in [0.25, 0.3) is 0 Å². The smallest absolute Gasteiger partial charge is 0.229 e. The van der Waals surface area contributed by atoms with Crippen molar-refractivity contribution in [1.82, 2.24) is 4.98 Å². The Morgan fingerprint density at radius 3 is 2.65 bits per heavy atom. The highest BCUT2D eigenvalue weighted by Crippen LogP contribution is 2.14. The molecule has 1 heterocycles. The van der Waals surface area contributed by atoms with Crippen molar-refractivity contribution in [3.63, 3.8) is 0 Å². The van der Waals surface area contributed by atoms with E-state index in [-0.39, 0.29) is 18.1 Å². The summed E-state index contributed by atoms with van der Waals surface area (Å²) in [7, 11) is 0. The molecule has 3 aromatic rings. The molecule has 0 atom stereocenters. The van der Waals surface area contributed by atoms with E-state index in [0.717, 1.165) is 5.69 Å². The van der Waals surface area contributed by atoms with Crippen molar-refractivity contribution in [2.75, 3.05) is 10.6 Å². The molecule has 4 nitrogen and oxygen atoms in total. The summed E-state index contributed by atoms with van der Waals surface area (Å²) >= 11 is 0. The fraction of sp³-hybridized carbons (Fsp3) is 0.143. The van der Waals surface area contributed by atoms with Gasteiger partial charge in [-0.05, 0) is 47.9 Å². The van der Waals surface area contributed by atoms with Gasteiger partial charge in [0.15, 0.2) is 0 Å². The molecule has 1 aromatic heterocycles. The molecule has 0 saturated carbocycles. The first kappa shape index (κ1) is 17.6. The van der Waals surface area contributed by atoms with E-state index in [9.17, 15) is 9.18 Å². The van der Waals surface area contributed by atoms with Gasteiger partial charge in [-0.3, -0.25) is 4.79 Å². The maximum Gasteiger partial charge on any atom is 0.229 e. The standard InChI is InChI=1S/C21H20FN3O/c1-15-5-2-3-7-17(15)13-23-19-9-10-20(24-14-19)25-21(26)12-16-6-4-8-18(22)11-16/h2-11,14,23H,12-13H2,1H3,(H,24,25,26). The number of pyridine rings is 1. The first-order chi connectivity index (χ1) is 12.6. The van der Waals surface area contributed by atoms with Crippen LogP contribution in [-0.2, 0) is 17.8 Å². The zero-order chi connectivity index (χ0) is 18.4. The van der Waals surface area contributed by atoms with Crippen LogP contribution in [0.5, 0.6) is 0 Å². The van der Waals surface area contributed by atoms with Crippen molar-refractivity contribution in [2.45, 2.75) is 19.9 Å². The summed E-state index contributed by atoms with van der Waals surface area (Å²) in [5, 5.41) is 6.03. The van der Waals surface area contributed by atoms with Crippen LogP contribution in [0.2, 0.25) is 0 Å². The first-order valence-corrected chi connectivity index (χ1v) is 8.39. The molecule has 3 rings (SSSR count). The van der Waals surface area contributed by atoms with Crippen LogP contribution >= 0.6 is 0 Å². The minimum atomic E-state index is -0.350. The minimum absolute atomic E-state index is 0.104. The number of nitrogens with one attached hydrogen (secondary N) is 2. The fourth-order valence-electron chi connectivity index (χ4n) is 2.60. The molecule has 0 fully saturated rings. The van der Waals surface area contributed by atoms with Gasteiger partial charge in [0.2, 0.25) is 5.91 Å². The maximum atomic E-state index is 13.2. The van der Waals surface area contributed by atoms with Gasteiger partial charge in [-0.1, -0.05) is 36.4 Å². The molecule has 0 aliphatic heterocycles. The first-order valence-electron chi connectivity index (χ1n) is 8.39. The molecule has 0 bridgehead atoms.